The van der Waals surface area contributed by atoms with E-state index in [1.54, 1.807) is 16.4 Å². The highest BCUT2D eigenvalue weighted by atomic mass is 32.2. The molecule has 1 aromatic rings. The van der Waals surface area contributed by atoms with E-state index in [4.69, 9.17) is 0 Å². The number of piperazine rings is 1. The Morgan fingerprint density at radius 2 is 1.80 bits per heavy atom. The van der Waals surface area contributed by atoms with Gasteiger partial charge in [-0.25, -0.2) is 13.4 Å². The first kappa shape index (κ1) is 18.6. The fraction of sp³-hybridized carbons (Fsp3) is 0.706. The van der Waals surface area contributed by atoms with Crippen molar-refractivity contribution in [3.05, 3.63) is 18.3 Å². The fourth-order valence-corrected chi connectivity index (χ4v) is 4.82. The Kier molecular flexibility index (Phi) is 5.93. The standard InChI is InChI=1S/C17H29N5O2S/c1-15(21-11-9-20(2)10-12-21)13-18-17-6-5-16(14-19-17)25(23,24)22-7-3-4-8-22/h5-6,14-15H,3-4,7-13H2,1-2H3,(H,18,19). The molecule has 0 bridgehead atoms. The molecule has 8 heteroatoms. The first-order chi connectivity index (χ1) is 12.0. The van der Waals surface area contributed by atoms with Gasteiger partial charge in [-0.2, -0.15) is 4.31 Å². The van der Waals surface area contributed by atoms with Gasteiger partial charge < -0.3 is 10.2 Å². The van der Waals surface area contributed by atoms with E-state index in [0.29, 0.717) is 19.1 Å². The van der Waals surface area contributed by atoms with E-state index in [1.807, 2.05) is 0 Å². The van der Waals surface area contributed by atoms with Crippen molar-refractivity contribution < 1.29 is 8.42 Å². The van der Waals surface area contributed by atoms with Crippen molar-refractivity contribution in [2.24, 2.45) is 0 Å². The lowest BCUT2D eigenvalue weighted by molar-refractivity contribution is 0.123. The third-order valence-corrected chi connectivity index (χ3v) is 7.06. The average Bonchev–Trinajstić information content (AvgIpc) is 3.16. The number of nitrogens with zero attached hydrogens (tertiary/aromatic N) is 4. The molecule has 1 N–H and O–H groups in total. The highest BCUT2D eigenvalue weighted by Gasteiger charge is 2.27. The Labute approximate surface area is 151 Å². The summed E-state index contributed by atoms with van der Waals surface area (Å²) in [4.78, 5) is 9.40. The molecule has 0 radical (unpaired) electrons. The Hall–Kier alpha value is -1.22. The van der Waals surface area contributed by atoms with Gasteiger partial charge in [-0.05, 0) is 38.9 Å². The van der Waals surface area contributed by atoms with Gasteiger partial charge in [0.15, 0.2) is 0 Å². The van der Waals surface area contributed by atoms with E-state index >= 15 is 0 Å². The molecule has 2 aliphatic heterocycles. The summed E-state index contributed by atoms with van der Waals surface area (Å²) in [5.74, 6) is 0.723. The Morgan fingerprint density at radius 1 is 1.12 bits per heavy atom. The number of likely N-dealkylation sites (N-methyl/N-ethyl adjacent to an activating group) is 1. The topological polar surface area (TPSA) is 68.8 Å². The smallest absolute Gasteiger partial charge is 0.244 e. The minimum Gasteiger partial charge on any atom is -0.369 e. The molecule has 3 heterocycles. The molecule has 1 unspecified atom stereocenters. The van der Waals surface area contributed by atoms with Gasteiger partial charge in [0, 0.05) is 58.1 Å². The normalized spacial score (nSPS) is 22.2. The molecule has 2 fully saturated rings. The number of pyridine rings is 1. The lowest BCUT2D eigenvalue weighted by Gasteiger charge is -2.36. The monoisotopic (exact) mass is 367 g/mol. The summed E-state index contributed by atoms with van der Waals surface area (Å²) in [5.41, 5.74) is 0. The molecule has 2 saturated heterocycles. The van der Waals surface area contributed by atoms with Gasteiger partial charge in [0.25, 0.3) is 0 Å². The average molecular weight is 368 g/mol. The van der Waals surface area contributed by atoms with Crippen LogP contribution in [0.3, 0.4) is 0 Å². The van der Waals surface area contributed by atoms with Crippen LogP contribution < -0.4 is 5.32 Å². The van der Waals surface area contributed by atoms with Crippen molar-refractivity contribution in [3.63, 3.8) is 0 Å². The number of rotatable bonds is 6. The van der Waals surface area contributed by atoms with Crippen LogP contribution in [0.15, 0.2) is 23.2 Å². The van der Waals surface area contributed by atoms with Crippen LogP contribution in [-0.4, -0.2) is 86.4 Å². The van der Waals surface area contributed by atoms with Crippen molar-refractivity contribution in [1.29, 1.82) is 0 Å². The van der Waals surface area contributed by atoms with E-state index in [2.05, 4.69) is 34.1 Å². The lowest BCUT2D eigenvalue weighted by atomic mass is 10.2. The highest BCUT2D eigenvalue weighted by Crippen LogP contribution is 2.21. The van der Waals surface area contributed by atoms with Crippen molar-refractivity contribution in [1.82, 2.24) is 19.1 Å². The predicted molar refractivity (Wildman–Crippen MR) is 99.3 cm³/mol. The molecule has 1 atom stereocenters. The van der Waals surface area contributed by atoms with E-state index in [1.165, 1.54) is 6.20 Å². The zero-order valence-corrected chi connectivity index (χ0v) is 16.0. The largest absolute Gasteiger partial charge is 0.369 e. The van der Waals surface area contributed by atoms with Crippen LogP contribution in [0.5, 0.6) is 0 Å². The third kappa shape index (κ3) is 4.49. The number of nitrogens with one attached hydrogen (secondary N) is 1. The van der Waals surface area contributed by atoms with Crippen LogP contribution in [0, 0.1) is 0 Å². The lowest BCUT2D eigenvalue weighted by Crippen LogP contribution is -2.49. The van der Waals surface area contributed by atoms with Gasteiger partial charge >= 0.3 is 0 Å². The molecule has 0 aliphatic carbocycles. The highest BCUT2D eigenvalue weighted by molar-refractivity contribution is 7.89. The summed E-state index contributed by atoms with van der Waals surface area (Å²) >= 11 is 0. The Morgan fingerprint density at radius 3 is 2.40 bits per heavy atom. The maximum atomic E-state index is 12.5. The molecule has 3 rings (SSSR count). The van der Waals surface area contributed by atoms with E-state index in [9.17, 15) is 8.42 Å². The molecule has 25 heavy (non-hydrogen) atoms. The van der Waals surface area contributed by atoms with E-state index in [0.717, 1.165) is 51.4 Å². The molecule has 1 aromatic heterocycles. The third-order valence-electron chi connectivity index (χ3n) is 5.18. The number of hydrogen-bond acceptors (Lipinski definition) is 6. The number of aromatic nitrogens is 1. The zero-order valence-electron chi connectivity index (χ0n) is 15.2. The summed E-state index contributed by atoms with van der Waals surface area (Å²) in [5, 5.41) is 3.33. The van der Waals surface area contributed by atoms with E-state index < -0.39 is 10.0 Å². The molecule has 140 valence electrons. The molecule has 0 spiro atoms. The summed E-state index contributed by atoms with van der Waals surface area (Å²) in [7, 11) is -1.22. The Balaban J connectivity index is 1.54. The second-order valence-electron chi connectivity index (χ2n) is 7.06. The SMILES string of the molecule is CC(CNc1ccc(S(=O)(=O)N2CCCC2)cn1)N1CCN(C)CC1. The maximum Gasteiger partial charge on any atom is 0.244 e. The second kappa shape index (κ2) is 7.99. The van der Waals surface area contributed by atoms with Crippen molar-refractivity contribution in [2.75, 3.05) is 58.2 Å². The van der Waals surface area contributed by atoms with Crippen molar-refractivity contribution in [2.45, 2.75) is 30.7 Å². The van der Waals surface area contributed by atoms with E-state index in [-0.39, 0.29) is 4.90 Å². The first-order valence-corrected chi connectivity index (χ1v) is 10.5. The molecule has 0 amide bonds. The van der Waals surface area contributed by atoms with Gasteiger partial charge in [0.2, 0.25) is 10.0 Å². The summed E-state index contributed by atoms with van der Waals surface area (Å²) in [6.07, 6.45) is 3.35. The van der Waals surface area contributed by atoms with Gasteiger partial charge in [0.05, 0.1) is 0 Å². The van der Waals surface area contributed by atoms with Crippen LogP contribution in [0.2, 0.25) is 0 Å². The minimum atomic E-state index is -3.38. The van der Waals surface area contributed by atoms with Gasteiger partial charge in [-0.3, -0.25) is 4.90 Å². The van der Waals surface area contributed by atoms with Gasteiger partial charge in [0.1, 0.15) is 10.7 Å². The molecular formula is C17H29N5O2S. The molecular weight excluding hydrogens is 338 g/mol. The van der Waals surface area contributed by atoms with Crippen LogP contribution >= 0.6 is 0 Å². The molecule has 0 aromatic carbocycles. The zero-order chi connectivity index (χ0) is 17.9. The van der Waals surface area contributed by atoms with Crippen molar-refractivity contribution >= 4 is 15.8 Å². The van der Waals surface area contributed by atoms with Crippen molar-refractivity contribution in [3.8, 4) is 0 Å². The number of hydrogen-bond donors (Lipinski definition) is 1. The first-order valence-electron chi connectivity index (χ1n) is 9.09. The van der Waals surface area contributed by atoms with Crippen LogP contribution in [0.4, 0.5) is 5.82 Å². The van der Waals surface area contributed by atoms with Gasteiger partial charge in [-0.1, -0.05) is 0 Å². The summed E-state index contributed by atoms with van der Waals surface area (Å²) < 4.78 is 26.5. The Bertz CT molecular complexity index is 650. The summed E-state index contributed by atoms with van der Waals surface area (Å²) in [6, 6.07) is 3.84. The molecule has 7 nitrogen and oxygen atoms in total. The quantitative estimate of drug-likeness (QED) is 0.806. The minimum absolute atomic E-state index is 0.284. The predicted octanol–water partition coefficient (Wildman–Crippen LogP) is 0.914. The molecule has 0 saturated carbocycles. The second-order valence-corrected chi connectivity index (χ2v) is 9.00. The summed E-state index contributed by atoms with van der Waals surface area (Å²) in [6.45, 7) is 8.62. The number of sulfonamides is 1. The van der Waals surface area contributed by atoms with Crippen LogP contribution in [-0.2, 0) is 10.0 Å². The fourth-order valence-electron chi connectivity index (χ4n) is 3.36. The number of anilines is 1. The maximum absolute atomic E-state index is 12.5. The molecule has 2 aliphatic rings. The van der Waals surface area contributed by atoms with Crippen LogP contribution in [0.1, 0.15) is 19.8 Å². The van der Waals surface area contributed by atoms with Crippen LogP contribution in [0.25, 0.3) is 0 Å². The van der Waals surface area contributed by atoms with Gasteiger partial charge in [-0.15, -0.1) is 0 Å².